The van der Waals surface area contributed by atoms with Crippen molar-refractivity contribution in [1.29, 1.82) is 0 Å². The first-order valence-electron chi connectivity index (χ1n) is 7.35. The van der Waals surface area contributed by atoms with E-state index >= 15 is 0 Å². The number of morpholine rings is 1. The first-order chi connectivity index (χ1) is 8.58. The number of hydrogen-bond donors (Lipinski definition) is 1. The van der Waals surface area contributed by atoms with Gasteiger partial charge in [0.05, 0.1) is 13.2 Å². The van der Waals surface area contributed by atoms with E-state index in [2.05, 4.69) is 30.6 Å². The summed E-state index contributed by atoms with van der Waals surface area (Å²) in [5.41, 5.74) is 6.19. The maximum absolute atomic E-state index is 6.04. The van der Waals surface area contributed by atoms with Gasteiger partial charge in [-0.3, -0.25) is 9.80 Å². The molecule has 2 heterocycles. The van der Waals surface area contributed by atoms with Gasteiger partial charge in [-0.25, -0.2) is 0 Å². The summed E-state index contributed by atoms with van der Waals surface area (Å²) in [5, 5.41) is 0. The Kier molecular flexibility index (Phi) is 4.64. The Morgan fingerprint density at radius 2 is 1.94 bits per heavy atom. The van der Waals surface area contributed by atoms with Gasteiger partial charge in [-0.05, 0) is 19.3 Å². The SMILES string of the molecule is CC(C)C(C)(CN)N1CCC(N2CCOCC2)C1. The van der Waals surface area contributed by atoms with E-state index in [-0.39, 0.29) is 5.54 Å². The minimum atomic E-state index is 0.154. The minimum Gasteiger partial charge on any atom is -0.379 e. The van der Waals surface area contributed by atoms with Crippen molar-refractivity contribution >= 4 is 0 Å². The third kappa shape index (κ3) is 2.72. The highest BCUT2D eigenvalue weighted by atomic mass is 16.5. The molecule has 2 saturated heterocycles. The molecule has 106 valence electrons. The Labute approximate surface area is 111 Å². The van der Waals surface area contributed by atoms with E-state index in [4.69, 9.17) is 10.5 Å². The van der Waals surface area contributed by atoms with E-state index in [1.54, 1.807) is 0 Å². The lowest BCUT2D eigenvalue weighted by molar-refractivity contribution is 0.0130. The van der Waals surface area contributed by atoms with Gasteiger partial charge in [0.1, 0.15) is 0 Å². The molecule has 4 heteroatoms. The van der Waals surface area contributed by atoms with Crippen LogP contribution >= 0.6 is 0 Å². The summed E-state index contributed by atoms with van der Waals surface area (Å²) in [6, 6.07) is 0.707. The molecule has 18 heavy (non-hydrogen) atoms. The van der Waals surface area contributed by atoms with E-state index in [0.29, 0.717) is 12.0 Å². The van der Waals surface area contributed by atoms with Gasteiger partial charge in [-0.2, -0.15) is 0 Å². The number of hydrogen-bond acceptors (Lipinski definition) is 4. The van der Waals surface area contributed by atoms with Gasteiger partial charge in [0.15, 0.2) is 0 Å². The lowest BCUT2D eigenvalue weighted by Crippen LogP contribution is -2.55. The zero-order chi connectivity index (χ0) is 13.2. The molecule has 2 unspecified atom stereocenters. The summed E-state index contributed by atoms with van der Waals surface area (Å²) in [4.78, 5) is 5.21. The molecular weight excluding hydrogens is 226 g/mol. The fourth-order valence-corrected chi connectivity index (χ4v) is 3.18. The molecule has 2 atom stereocenters. The average molecular weight is 255 g/mol. The maximum Gasteiger partial charge on any atom is 0.0594 e. The number of nitrogens with two attached hydrogens (primary N) is 1. The summed E-state index contributed by atoms with van der Waals surface area (Å²) in [5.74, 6) is 0.603. The van der Waals surface area contributed by atoms with Crippen molar-refractivity contribution in [1.82, 2.24) is 9.80 Å². The standard InChI is InChI=1S/C14H29N3O/c1-12(2)14(3,11-15)17-5-4-13(10-17)16-6-8-18-9-7-16/h12-13H,4-11,15H2,1-3H3. The minimum absolute atomic E-state index is 0.154. The van der Waals surface area contributed by atoms with Gasteiger partial charge in [-0.1, -0.05) is 13.8 Å². The first-order valence-corrected chi connectivity index (χ1v) is 7.35. The third-order valence-electron chi connectivity index (χ3n) is 5.10. The Morgan fingerprint density at radius 1 is 1.28 bits per heavy atom. The van der Waals surface area contributed by atoms with Crippen LogP contribution in [0.2, 0.25) is 0 Å². The van der Waals surface area contributed by atoms with E-state index in [1.165, 1.54) is 19.5 Å². The van der Waals surface area contributed by atoms with Crippen LogP contribution < -0.4 is 5.73 Å². The molecule has 2 aliphatic heterocycles. The molecule has 4 nitrogen and oxygen atoms in total. The van der Waals surface area contributed by atoms with Crippen LogP contribution in [0.3, 0.4) is 0 Å². The number of ether oxygens (including phenoxy) is 1. The predicted octanol–water partition coefficient (Wildman–Crippen LogP) is 0.766. The van der Waals surface area contributed by atoms with Crippen molar-refractivity contribution in [3.63, 3.8) is 0 Å². The number of likely N-dealkylation sites (tertiary alicyclic amines) is 1. The molecule has 2 rings (SSSR count). The van der Waals surface area contributed by atoms with Crippen molar-refractivity contribution in [2.45, 2.75) is 38.8 Å². The Bertz CT molecular complexity index is 266. The zero-order valence-electron chi connectivity index (χ0n) is 12.2. The molecule has 0 aliphatic carbocycles. The highest BCUT2D eigenvalue weighted by Crippen LogP contribution is 2.29. The lowest BCUT2D eigenvalue weighted by Gasteiger charge is -2.42. The Morgan fingerprint density at radius 3 is 2.50 bits per heavy atom. The molecule has 0 bridgehead atoms. The predicted molar refractivity (Wildman–Crippen MR) is 74.7 cm³/mol. The van der Waals surface area contributed by atoms with Crippen LogP contribution in [0.1, 0.15) is 27.2 Å². The van der Waals surface area contributed by atoms with Crippen LogP contribution in [-0.2, 0) is 4.74 Å². The zero-order valence-corrected chi connectivity index (χ0v) is 12.2. The van der Waals surface area contributed by atoms with Crippen LogP contribution in [0.15, 0.2) is 0 Å². The normalized spacial score (nSPS) is 30.8. The fourth-order valence-electron chi connectivity index (χ4n) is 3.18. The first kappa shape index (κ1) is 14.3. The largest absolute Gasteiger partial charge is 0.379 e. The van der Waals surface area contributed by atoms with Crippen molar-refractivity contribution in [3.8, 4) is 0 Å². The van der Waals surface area contributed by atoms with Crippen LogP contribution in [0.25, 0.3) is 0 Å². The van der Waals surface area contributed by atoms with Gasteiger partial charge in [-0.15, -0.1) is 0 Å². The number of rotatable bonds is 4. The highest BCUT2D eigenvalue weighted by Gasteiger charge is 2.39. The van der Waals surface area contributed by atoms with E-state index in [0.717, 1.165) is 32.8 Å². The Balaban J connectivity index is 1.94. The van der Waals surface area contributed by atoms with Gasteiger partial charge in [0, 0.05) is 44.3 Å². The summed E-state index contributed by atoms with van der Waals surface area (Å²) >= 11 is 0. The van der Waals surface area contributed by atoms with Crippen LogP contribution in [0.4, 0.5) is 0 Å². The lowest BCUT2D eigenvalue weighted by atomic mass is 9.87. The molecule has 0 aromatic heterocycles. The molecule has 0 amide bonds. The average Bonchev–Trinajstić information content (AvgIpc) is 2.88. The van der Waals surface area contributed by atoms with E-state index < -0.39 is 0 Å². The van der Waals surface area contributed by atoms with Crippen molar-refractivity contribution in [3.05, 3.63) is 0 Å². The quantitative estimate of drug-likeness (QED) is 0.805. The monoisotopic (exact) mass is 255 g/mol. The topological polar surface area (TPSA) is 41.7 Å². The summed E-state index contributed by atoms with van der Waals surface area (Å²) in [6.45, 7) is 14.0. The van der Waals surface area contributed by atoms with Crippen LogP contribution in [0.5, 0.6) is 0 Å². The second-order valence-electron chi connectivity index (χ2n) is 6.25. The van der Waals surface area contributed by atoms with Crippen LogP contribution in [-0.4, -0.2) is 67.3 Å². The molecule has 0 aromatic rings. The van der Waals surface area contributed by atoms with Gasteiger partial charge in [0.25, 0.3) is 0 Å². The summed E-state index contributed by atoms with van der Waals surface area (Å²) < 4.78 is 5.44. The van der Waals surface area contributed by atoms with Gasteiger partial charge >= 0.3 is 0 Å². The fraction of sp³-hybridized carbons (Fsp3) is 1.00. The molecule has 0 saturated carbocycles. The molecule has 2 fully saturated rings. The van der Waals surface area contributed by atoms with E-state index in [9.17, 15) is 0 Å². The van der Waals surface area contributed by atoms with Gasteiger partial charge in [0.2, 0.25) is 0 Å². The molecule has 2 N–H and O–H groups in total. The summed E-state index contributed by atoms with van der Waals surface area (Å²) in [7, 11) is 0. The van der Waals surface area contributed by atoms with Crippen LogP contribution in [0, 0.1) is 5.92 Å². The second-order valence-corrected chi connectivity index (χ2v) is 6.25. The van der Waals surface area contributed by atoms with Crippen molar-refractivity contribution in [2.24, 2.45) is 11.7 Å². The smallest absolute Gasteiger partial charge is 0.0594 e. The Hall–Kier alpha value is -0.160. The molecule has 0 spiro atoms. The summed E-state index contributed by atoms with van der Waals surface area (Å²) in [6.07, 6.45) is 1.28. The number of nitrogens with zero attached hydrogens (tertiary/aromatic N) is 2. The van der Waals surface area contributed by atoms with Gasteiger partial charge < -0.3 is 10.5 Å². The highest BCUT2D eigenvalue weighted by molar-refractivity contribution is 4.96. The molecular formula is C14H29N3O. The van der Waals surface area contributed by atoms with Crippen molar-refractivity contribution < 1.29 is 4.74 Å². The molecule has 2 aliphatic rings. The van der Waals surface area contributed by atoms with E-state index in [1.807, 2.05) is 0 Å². The van der Waals surface area contributed by atoms with Crippen molar-refractivity contribution in [2.75, 3.05) is 45.9 Å². The molecule has 0 aromatic carbocycles. The second kappa shape index (κ2) is 5.87. The molecule has 0 radical (unpaired) electrons. The third-order valence-corrected chi connectivity index (χ3v) is 5.10. The maximum atomic E-state index is 6.04.